The zero-order valence-electron chi connectivity index (χ0n) is 15.0. The number of H-pyrrole nitrogens is 1. The Kier molecular flexibility index (Phi) is 4.50. The first-order chi connectivity index (χ1) is 13.1. The Morgan fingerprint density at radius 1 is 1.22 bits per heavy atom. The third-order valence-corrected chi connectivity index (χ3v) is 4.61. The second-order valence-corrected chi connectivity index (χ2v) is 6.50. The van der Waals surface area contributed by atoms with Crippen molar-refractivity contribution in [3.63, 3.8) is 0 Å². The van der Waals surface area contributed by atoms with E-state index in [0.717, 1.165) is 16.9 Å². The number of hydrogen-bond donors (Lipinski definition) is 1. The highest BCUT2D eigenvalue weighted by Gasteiger charge is 2.26. The maximum absolute atomic E-state index is 12.5. The maximum Gasteiger partial charge on any atom is 0.265 e. The number of amides is 2. The van der Waals surface area contributed by atoms with Gasteiger partial charge >= 0.3 is 0 Å². The average Bonchev–Trinajstić information content (AvgIpc) is 3.09. The van der Waals surface area contributed by atoms with E-state index >= 15 is 0 Å². The predicted molar refractivity (Wildman–Crippen MR) is 101 cm³/mol. The van der Waals surface area contributed by atoms with Crippen molar-refractivity contribution in [2.24, 2.45) is 0 Å². The Labute approximate surface area is 156 Å². The number of aromatic nitrogens is 2. The minimum atomic E-state index is -0.138. The zero-order valence-corrected chi connectivity index (χ0v) is 15.0. The minimum Gasteiger partial charge on any atom is -0.482 e. The lowest BCUT2D eigenvalue weighted by atomic mass is 10.2. The quantitative estimate of drug-likeness (QED) is 0.754. The van der Waals surface area contributed by atoms with Gasteiger partial charge in [-0.1, -0.05) is 24.3 Å². The molecule has 1 aliphatic rings. The highest BCUT2D eigenvalue weighted by atomic mass is 16.5. The van der Waals surface area contributed by atoms with Crippen LogP contribution in [0.4, 0.5) is 5.69 Å². The van der Waals surface area contributed by atoms with Crippen molar-refractivity contribution in [1.82, 2.24) is 14.9 Å². The number of nitrogens with one attached hydrogen (secondary N) is 1. The molecule has 7 nitrogen and oxygen atoms in total. The number of anilines is 1. The SMILES string of the molecule is CN(Cc1nc2ccccc2[nH]1)C(=O)CCN1C(=O)COc2ccccc21. The topological polar surface area (TPSA) is 78.5 Å². The fourth-order valence-electron chi connectivity index (χ4n) is 3.19. The summed E-state index contributed by atoms with van der Waals surface area (Å²) >= 11 is 0. The molecule has 2 heterocycles. The van der Waals surface area contributed by atoms with Crippen molar-refractivity contribution in [1.29, 1.82) is 0 Å². The summed E-state index contributed by atoms with van der Waals surface area (Å²) in [4.78, 5) is 35.7. The van der Waals surface area contributed by atoms with Gasteiger partial charge in [0.2, 0.25) is 5.91 Å². The second-order valence-electron chi connectivity index (χ2n) is 6.50. The van der Waals surface area contributed by atoms with Crippen LogP contribution in [0, 0.1) is 0 Å². The smallest absolute Gasteiger partial charge is 0.265 e. The molecular weight excluding hydrogens is 344 g/mol. The number of aromatic amines is 1. The summed E-state index contributed by atoms with van der Waals surface area (Å²) in [6.45, 7) is 0.712. The Bertz CT molecular complexity index is 965. The van der Waals surface area contributed by atoms with E-state index in [2.05, 4.69) is 9.97 Å². The molecule has 0 saturated heterocycles. The molecule has 1 N–H and O–H groups in total. The fourth-order valence-corrected chi connectivity index (χ4v) is 3.19. The van der Waals surface area contributed by atoms with Crippen LogP contribution in [-0.4, -0.2) is 46.9 Å². The average molecular weight is 364 g/mol. The molecule has 1 aromatic heterocycles. The van der Waals surface area contributed by atoms with Crippen LogP contribution in [-0.2, 0) is 16.1 Å². The van der Waals surface area contributed by atoms with E-state index in [1.165, 1.54) is 0 Å². The molecule has 0 fully saturated rings. The van der Waals surface area contributed by atoms with Crippen LogP contribution in [0.25, 0.3) is 11.0 Å². The molecule has 0 radical (unpaired) electrons. The van der Waals surface area contributed by atoms with Crippen molar-refractivity contribution in [2.75, 3.05) is 25.1 Å². The number of carbonyl (C=O) groups excluding carboxylic acids is 2. The normalized spacial score (nSPS) is 13.4. The molecule has 138 valence electrons. The van der Waals surface area contributed by atoms with Crippen LogP contribution in [0.3, 0.4) is 0 Å². The van der Waals surface area contributed by atoms with Crippen LogP contribution in [0.5, 0.6) is 5.75 Å². The van der Waals surface area contributed by atoms with E-state index in [1.807, 2.05) is 48.5 Å². The number of imidazole rings is 1. The number of fused-ring (bicyclic) bond motifs is 2. The standard InChI is InChI=1S/C20H20N4O3/c1-23(12-18-21-14-6-2-3-7-15(14)22-18)19(25)10-11-24-16-8-4-5-9-17(16)27-13-20(24)26/h2-9H,10-13H2,1H3,(H,21,22). The Morgan fingerprint density at radius 2 is 2.00 bits per heavy atom. The van der Waals surface area contributed by atoms with Crippen LogP contribution in [0.15, 0.2) is 48.5 Å². The van der Waals surface area contributed by atoms with Crippen LogP contribution in [0.2, 0.25) is 0 Å². The first-order valence-electron chi connectivity index (χ1n) is 8.81. The highest BCUT2D eigenvalue weighted by Crippen LogP contribution is 2.31. The summed E-state index contributed by atoms with van der Waals surface area (Å²) < 4.78 is 5.43. The third-order valence-electron chi connectivity index (χ3n) is 4.61. The maximum atomic E-state index is 12.5. The molecule has 0 spiro atoms. The molecule has 0 saturated carbocycles. The van der Waals surface area contributed by atoms with Gasteiger partial charge in [-0.15, -0.1) is 0 Å². The summed E-state index contributed by atoms with van der Waals surface area (Å²) in [5, 5.41) is 0. The summed E-state index contributed by atoms with van der Waals surface area (Å²) in [5.74, 6) is 1.22. The summed E-state index contributed by atoms with van der Waals surface area (Å²) in [6.07, 6.45) is 0.233. The molecule has 1 aliphatic heterocycles. The van der Waals surface area contributed by atoms with Crippen LogP contribution >= 0.6 is 0 Å². The van der Waals surface area contributed by atoms with E-state index in [-0.39, 0.29) is 24.8 Å². The number of benzene rings is 2. The molecule has 2 amide bonds. The number of carbonyl (C=O) groups is 2. The first kappa shape index (κ1) is 17.1. The number of rotatable bonds is 5. The molecule has 3 aromatic rings. The van der Waals surface area contributed by atoms with Gasteiger partial charge in [-0.3, -0.25) is 9.59 Å². The third kappa shape index (κ3) is 3.48. The van der Waals surface area contributed by atoms with E-state index in [4.69, 9.17) is 4.74 Å². The van der Waals surface area contributed by atoms with Gasteiger partial charge in [0.1, 0.15) is 11.6 Å². The van der Waals surface area contributed by atoms with Crippen molar-refractivity contribution in [2.45, 2.75) is 13.0 Å². The van der Waals surface area contributed by atoms with Crippen LogP contribution in [0.1, 0.15) is 12.2 Å². The predicted octanol–water partition coefficient (Wildman–Crippen LogP) is 2.34. The molecular formula is C20H20N4O3. The lowest BCUT2D eigenvalue weighted by Gasteiger charge is -2.29. The molecule has 2 aromatic carbocycles. The van der Waals surface area contributed by atoms with Gasteiger partial charge in [-0.2, -0.15) is 0 Å². The first-order valence-corrected chi connectivity index (χ1v) is 8.81. The van der Waals surface area contributed by atoms with Gasteiger partial charge in [-0.05, 0) is 24.3 Å². The minimum absolute atomic E-state index is 0.0000274. The number of para-hydroxylation sites is 4. The zero-order chi connectivity index (χ0) is 18.8. The molecule has 0 aliphatic carbocycles. The Morgan fingerprint density at radius 3 is 2.85 bits per heavy atom. The van der Waals surface area contributed by atoms with E-state index in [9.17, 15) is 9.59 Å². The van der Waals surface area contributed by atoms with Gasteiger partial charge in [0.25, 0.3) is 5.91 Å². The Balaban J connectivity index is 1.39. The lowest BCUT2D eigenvalue weighted by molar-refractivity contribution is -0.130. The monoisotopic (exact) mass is 364 g/mol. The molecule has 7 heteroatoms. The highest BCUT2D eigenvalue weighted by molar-refractivity contribution is 5.98. The molecule has 4 rings (SSSR count). The molecule has 0 atom stereocenters. The van der Waals surface area contributed by atoms with Crippen molar-refractivity contribution in [3.05, 3.63) is 54.4 Å². The number of hydrogen-bond acceptors (Lipinski definition) is 4. The Hall–Kier alpha value is -3.35. The van der Waals surface area contributed by atoms with E-state index in [0.29, 0.717) is 24.5 Å². The number of nitrogens with zero attached hydrogens (tertiary/aromatic N) is 3. The lowest BCUT2D eigenvalue weighted by Crippen LogP contribution is -2.41. The fraction of sp³-hybridized carbons (Fsp3) is 0.250. The summed E-state index contributed by atoms with van der Waals surface area (Å²) in [7, 11) is 1.74. The summed E-state index contributed by atoms with van der Waals surface area (Å²) in [5.41, 5.74) is 2.54. The molecule has 0 bridgehead atoms. The van der Waals surface area contributed by atoms with Gasteiger partial charge in [0.15, 0.2) is 6.61 Å². The van der Waals surface area contributed by atoms with Gasteiger partial charge in [0.05, 0.1) is 23.3 Å². The summed E-state index contributed by atoms with van der Waals surface area (Å²) in [6, 6.07) is 15.1. The van der Waals surface area contributed by atoms with Gasteiger partial charge < -0.3 is 19.5 Å². The van der Waals surface area contributed by atoms with Gasteiger partial charge in [-0.25, -0.2) is 4.98 Å². The van der Waals surface area contributed by atoms with Crippen LogP contribution < -0.4 is 9.64 Å². The van der Waals surface area contributed by atoms with E-state index < -0.39 is 0 Å². The molecule has 0 unspecified atom stereocenters. The largest absolute Gasteiger partial charge is 0.482 e. The van der Waals surface area contributed by atoms with Crippen molar-refractivity contribution in [3.8, 4) is 5.75 Å². The number of ether oxygens (including phenoxy) is 1. The van der Waals surface area contributed by atoms with Crippen molar-refractivity contribution < 1.29 is 14.3 Å². The second kappa shape index (κ2) is 7.11. The molecule has 27 heavy (non-hydrogen) atoms. The van der Waals surface area contributed by atoms with E-state index in [1.54, 1.807) is 16.8 Å². The van der Waals surface area contributed by atoms with Crippen molar-refractivity contribution >= 4 is 28.5 Å². The van der Waals surface area contributed by atoms with Gasteiger partial charge in [0, 0.05) is 20.0 Å².